The Kier molecular flexibility index (Phi) is 6.93. The van der Waals surface area contributed by atoms with Crippen LogP contribution in [0.3, 0.4) is 0 Å². The molecule has 0 saturated carbocycles. The zero-order valence-corrected chi connectivity index (χ0v) is 20.6. The molecule has 0 saturated heterocycles. The molecule has 0 unspecified atom stereocenters. The molecular formula is C27H28N6O3. The smallest absolute Gasteiger partial charge is 0.288 e. The van der Waals surface area contributed by atoms with Gasteiger partial charge in [-0.3, -0.25) is 9.59 Å². The molecule has 1 amide bonds. The van der Waals surface area contributed by atoms with Crippen LogP contribution in [0.2, 0.25) is 0 Å². The lowest BCUT2D eigenvalue weighted by Gasteiger charge is -2.19. The number of benzene rings is 2. The molecule has 184 valence electrons. The SMILES string of the molecule is Cc1c(-c2cccc(NC(=O)c3ccc(C(C)(C)C)cc3)c2CO)n[nH]c(=O)c1Nc1ccncn1. The van der Waals surface area contributed by atoms with Gasteiger partial charge in [0.1, 0.15) is 17.8 Å². The van der Waals surface area contributed by atoms with E-state index in [1.807, 2.05) is 12.1 Å². The molecule has 0 radical (unpaired) electrons. The van der Waals surface area contributed by atoms with Crippen LogP contribution in [0.1, 0.15) is 47.8 Å². The number of nitrogens with one attached hydrogen (secondary N) is 3. The molecule has 0 bridgehead atoms. The average Bonchev–Trinajstić information content (AvgIpc) is 2.86. The largest absolute Gasteiger partial charge is 0.392 e. The number of hydrogen-bond acceptors (Lipinski definition) is 7. The predicted molar refractivity (Wildman–Crippen MR) is 139 cm³/mol. The molecule has 36 heavy (non-hydrogen) atoms. The third-order valence-electron chi connectivity index (χ3n) is 5.91. The van der Waals surface area contributed by atoms with E-state index in [9.17, 15) is 14.7 Å². The number of anilines is 3. The third-order valence-corrected chi connectivity index (χ3v) is 5.91. The number of H-pyrrole nitrogens is 1. The summed E-state index contributed by atoms with van der Waals surface area (Å²) in [5, 5.41) is 22.9. The monoisotopic (exact) mass is 484 g/mol. The number of aromatic nitrogens is 4. The molecule has 0 aliphatic rings. The van der Waals surface area contributed by atoms with Gasteiger partial charge in [-0.2, -0.15) is 5.10 Å². The Morgan fingerprint density at radius 1 is 1.08 bits per heavy atom. The number of aliphatic hydroxyl groups is 1. The Labute approximate surface area is 208 Å². The number of nitrogens with zero attached hydrogens (tertiary/aromatic N) is 3. The van der Waals surface area contributed by atoms with Gasteiger partial charge in [-0.15, -0.1) is 0 Å². The van der Waals surface area contributed by atoms with Gasteiger partial charge in [-0.1, -0.05) is 45.0 Å². The molecule has 2 heterocycles. The highest BCUT2D eigenvalue weighted by atomic mass is 16.3. The summed E-state index contributed by atoms with van der Waals surface area (Å²) < 4.78 is 0. The predicted octanol–water partition coefficient (Wildman–Crippen LogP) is 4.32. The number of hydrogen-bond donors (Lipinski definition) is 4. The summed E-state index contributed by atoms with van der Waals surface area (Å²) in [7, 11) is 0. The van der Waals surface area contributed by atoms with Crippen LogP contribution < -0.4 is 16.2 Å². The van der Waals surface area contributed by atoms with E-state index >= 15 is 0 Å². The fraction of sp³-hybridized carbons (Fsp3) is 0.222. The van der Waals surface area contributed by atoms with Crippen LogP contribution in [-0.2, 0) is 12.0 Å². The minimum absolute atomic E-state index is 0.0178. The fourth-order valence-electron chi connectivity index (χ4n) is 3.85. The summed E-state index contributed by atoms with van der Waals surface area (Å²) in [4.78, 5) is 33.5. The lowest BCUT2D eigenvalue weighted by atomic mass is 9.86. The number of rotatable bonds is 6. The average molecular weight is 485 g/mol. The van der Waals surface area contributed by atoms with Crippen LogP contribution in [0.25, 0.3) is 11.3 Å². The molecule has 4 aromatic rings. The molecule has 9 heteroatoms. The van der Waals surface area contributed by atoms with Gasteiger partial charge in [0.25, 0.3) is 11.5 Å². The first-order chi connectivity index (χ1) is 17.2. The maximum Gasteiger partial charge on any atom is 0.288 e. The summed E-state index contributed by atoms with van der Waals surface area (Å²) in [5.74, 6) is 0.163. The summed E-state index contributed by atoms with van der Waals surface area (Å²) in [6.45, 7) is 7.75. The Hall–Kier alpha value is -4.37. The highest BCUT2D eigenvalue weighted by Crippen LogP contribution is 2.32. The molecule has 0 atom stereocenters. The number of aliphatic hydroxyl groups excluding tert-OH is 1. The van der Waals surface area contributed by atoms with Crippen LogP contribution in [0.4, 0.5) is 17.2 Å². The quantitative estimate of drug-likeness (QED) is 0.320. The molecular weight excluding hydrogens is 456 g/mol. The second kappa shape index (κ2) is 10.1. The van der Waals surface area contributed by atoms with E-state index in [4.69, 9.17) is 0 Å². The van der Waals surface area contributed by atoms with Crippen molar-refractivity contribution in [3.05, 3.63) is 93.7 Å². The Balaban J connectivity index is 1.68. The van der Waals surface area contributed by atoms with Crippen LogP contribution in [0.15, 0.2) is 65.8 Å². The van der Waals surface area contributed by atoms with Crippen LogP contribution in [0, 0.1) is 6.92 Å². The molecule has 4 N–H and O–H groups in total. The molecule has 9 nitrogen and oxygen atoms in total. The van der Waals surface area contributed by atoms with Crippen molar-refractivity contribution in [1.82, 2.24) is 20.2 Å². The standard InChI is InChI=1S/C27H28N6O3/c1-16-23(32-33-26(36)24(16)31-22-12-13-28-15-29-22)19-6-5-7-21(20(19)14-34)30-25(35)17-8-10-18(11-9-17)27(2,3)4/h5-13,15,34H,14H2,1-4H3,(H,30,35)(H,33,36)(H,28,29,31,32). The van der Waals surface area contributed by atoms with Gasteiger partial charge >= 0.3 is 0 Å². The van der Waals surface area contributed by atoms with Gasteiger partial charge in [-0.25, -0.2) is 15.1 Å². The second-order valence-electron chi connectivity index (χ2n) is 9.39. The minimum Gasteiger partial charge on any atom is -0.392 e. The zero-order valence-electron chi connectivity index (χ0n) is 20.6. The number of aromatic amines is 1. The topological polar surface area (TPSA) is 133 Å². The fourth-order valence-corrected chi connectivity index (χ4v) is 3.85. The van der Waals surface area contributed by atoms with Gasteiger partial charge in [0, 0.05) is 34.1 Å². The molecule has 4 rings (SSSR count). The van der Waals surface area contributed by atoms with Gasteiger partial charge in [0.15, 0.2) is 0 Å². The van der Waals surface area contributed by atoms with Crippen molar-refractivity contribution in [3.63, 3.8) is 0 Å². The number of carbonyl (C=O) groups excluding carboxylic acids is 1. The van der Waals surface area contributed by atoms with Gasteiger partial charge in [0.2, 0.25) is 0 Å². The number of amides is 1. The van der Waals surface area contributed by atoms with Gasteiger partial charge < -0.3 is 15.7 Å². The van der Waals surface area contributed by atoms with Crippen molar-refractivity contribution >= 4 is 23.1 Å². The second-order valence-corrected chi connectivity index (χ2v) is 9.39. The van der Waals surface area contributed by atoms with Crippen LogP contribution in [-0.4, -0.2) is 31.2 Å². The summed E-state index contributed by atoms with van der Waals surface area (Å²) in [6, 6.07) is 14.4. The van der Waals surface area contributed by atoms with Crippen molar-refractivity contribution < 1.29 is 9.90 Å². The van der Waals surface area contributed by atoms with Crippen molar-refractivity contribution in [1.29, 1.82) is 0 Å². The third kappa shape index (κ3) is 5.16. The van der Waals surface area contributed by atoms with E-state index in [1.165, 1.54) is 6.33 Å². The van der Waals surface area contributed by atoms with Crippen molar-refractivity contribution in [2.75, 3.05) is 10.6 Å². The van der Waals surface area contributed by atoms with Crippen molar-refractivity contribution in [2.45, 2.75) is 39.7 Å². The Bertz CT molecular complexity index is 1440. The highest BCUT2D eigenvalue weighted by molar-refractivity contribution is 6.05. The van der Waals surface area contributed by atoms with E-state index in [0.717, 1.165) is 5.56 Å². The van der Waals surface area contributed by atoms with E-state index in [2.05, 4.69) is 51.6 Å². The molecule has 2 aromatic carbocycles. The van der Waals surface area contributed by atoms with E-state index in [1.54, 1.807) is 49.5 Å². The first kappa shape index (κ1) is 24.7. The van der Waals surface area contributed by atoms with Crippen LogP contribution >= 0.6 is 0 Å². The minimum atomic E-state index is -0.413. The Morgan fingerprint density at radius 3 is 2.47 bits per heavy atom. The maximum absolute atomic E-state index is 13.0. The highest BCUT2D eigenvalue weighted by Gasteiger charge is 2.19. The summed E-state index contributed by atoms with van der Waals surface area (Å²) in [5.41, 5.74) is 4.02. The van der Waals surface area contributed by atoms with E-state index in [0.29, 0.717) is 39.5 Å². The number of carbonyl (C=O) groups is 1. The summed E-state index contributed by atoms with van der Waals surface area (Å²) in [6.07, 6.45) is 2.94. The first-order valence-corrected chi connectivity index (χ1v) is 11.5. The van der Waals surface area contributed by atoms with E-state index < -0.39 is 5.56 Å². The maximum atomic E-state index is 13.0. The normalized spacial score (nSPS) is 11.2. The lowest BCUT2D eigenvalue weighted by molar-refractivity contribution is 0.102. The van der Waals surface area contributed by atoms with E-state index in [-0.39, 0.29) is 23.6 Å². The van der Waals surface area contributed by atoms with Gasteiger partial charge in [-0.05, 0) is 42.2 Å². The molecule has 0 aliphatic heterocycles. The zero-order chi connectivity index (χ0) is 25.9. The molecule has 0 aliphatic carbocycles. The van der Waals surface area contributed by atoms with Crippen molar-refractivity contribution in [3.8, 4) is 11.3 Å². The van der Waals surface area contributed by atoms with Crippen molar-refractivity contribution in [2.24, 2.45) is 0 Å². The van der Waals surface area contributed by atoms with Gasteiger partial charge in [0.05, 0.1) is 12.3 Å². The Morgan fingerprint density at radius 2 is 1.83 bits per heavy atom. The lowest BCUT2D eigenvalue weighted by Crippen LogP contribution is -2.17. The first-order valence-electron chi connectivity index (χ1n) is 11.5. The summed E-state index contributed by atoms with van der Waals surface area (Å²) >= 11 is 0. The molecule has 2 aromatic heterocycles. The molecule has 0 spiro atoms. The van der Waals surface area contributed by atoms with Crippen LogP contribution in [0.5, 0.6) is 0 Å². The molecule has 0 fully saturated rings.